The summed E-state index contributed by atoms with van der Waals surface area (Å²) in [6.07, 6.45) is 8.69. The van der Waals surface area contributed by atoms with Crippen LogP contribution in [0.15, 0.2) is 24.8 Å². The highest BCUT2D eigenvalue weighted by Crippen LogP contribution is 2.11. The molecule has 0 bridgehead atoms. The van der Waals surface area contributed by atoms with Gasteiger partial charge in [-0.2, -0.15) is 0 Å². The van der Waals surface area contributed by atoms with Crippen molar-refractivity contribution in [1.29, 1.82) is 0 Å². The molecule has 0 rings (SSSR count). The first-order valence-electron chi connectivity index (χ1n) is 4.06. The number of aliphatic hydroxyl groups is 1. The fraction of sp³-hybridized carbons (Fsp3) is 0.600. The Kier molecular flexibility index (Phi) is 4.88. The van der Waals surface area contributed by atoms with Crippen LogP contribution >= 0.6 is 0 Å². The topological polar surface area (TPSA) is 20.2 Å². The fourth-order valence-electron chi connectivity index (χ4n) is 0.845. The van der Waals surface area contributed by atoms with Crippen LogP contribution in [0, 0.1) is 0 Å². The third-order valence-electron chi connectivity index (χ3n) is 1.43. The third-order valence-corrected chi connectivity index (χ3v) is 1.43. The average molecular weight is 154 g/mol. The molecule has 0 aliphatic carbocycles. The largest absolute Gasteiger partial charge is 0.390 e. The highest BCUT2D eigenvalue weighted by Gasteiger charge is 2.09. The van der Waals surface area contributed by atoms with Crippen LogP contribution in [-0.4, -0.2) is 10.7 Å². The Labute approximate surface area is 69.4 Å². The van der Waals surface area contributed by atoms with Crippen molar-refractivity contribution in [3.63, 3.8) is 0 Å². The molecule has 11 heavy (non-hydrogen) atoms. The lowest BCUT2D eigenvalue weighted by atomic mass is 10.0. The van der Waals surface area contributed by atoms with Crippen LogP contribution in [0.4, 0.5) is 0 Å². The molecule has 0 aliphatic heterocycles. The van der Waals surface area contributed by atoms with Crippen LogP contribution in [-0.2, 0) is 0 Å². The summed E-state index contributed by atoms with van der Waals surface area (Å²) in [4.78, 5) is 0. The van der Waals surface area contributed by atoms with E-state index in [1.807, 2.05) is 19.9 Å². The molecule has 0 unspecified atom stereocenters. The second-order valence-electron chi connectivity index (χ2n) is 3.37. The van der Waals surface area contributed by atoms with E-state index in [-0.39, 0.29) is 0 Å². The number of hydrogen-bond acceptors (Lipinski definition) is 1. The molecule has 0 aliphatic rings. The molecule has 1 heteroatoms. The fourth-order valence-corrected chi connectivity index (χ4v) is 0.845. The van der Waals surface area contributed by atoms with Gasteiger partial charge < -0.3 is 5.11 Å². The van der Waals surface area contributed by atoms with E-state index in [1.165, 1.54) is 0 Å². The van der Waals surface area contributed by atoms with Gasteiger partial charge in [-0.3, -0.25) is 0 Å². The molecule has 64 valence electrons. The summed E-state index contributed by atoms with van der Waals surface area (Å²) in [5, 5.41) is 9.33. The van der Waals surface area contributed by atoms with E-state index < -0.39 is 5.60 Å². The smallest absolute Gasteiger partial charge is 0.0591 e. The van der Waals surface area contributed by atoms with Crippen LogP contribution in [0.1, 0.15) is 33.1 Å². The van der Waals surface area contributed by atoms with Crippen molar-refractivity contribution in [3.8, 4) is 0 Å². The van der Waals surface area contributed by atoms with Crippen molar-refractivity contribution in [1.82, 2.24) is 0 Å². The Morgan fingerprint density at radius 3 is 2.55 bits per heavy atom. The van der Waals surface area contributed by atoms with Crippen LogP contribution in [0.2, 0.25) is 0 Å². The number of hydrogen-bond donors (Lipinski definition) is 1. The number of rotatable bonds is 5. The Morgan fingerprint density at radius 1 is 1.45 bits per heavy atom. The molecule has 0 saturated heterocycles. The van der Waals surface area contributed by atoms with Gasteiger partial charge >= 0.3 is 0 Å². The SMILES string of the molecule is C=CC=CCCCC(C)(C)O. The summed E-state index contributed by atoms with van der Waals surface area (Å²) in [5.74, 6) is 0. The van der Waals surface area contributed by atoms with E-state index in [4.69, 9.17) is 0 Å². The van der Waals surface area contributed by atoms with Gasteiger partial charge in [0.1, 0.15) is 0 Å². The minimum Gasteiger partial charge on any atom is -0.390 e. The molecular formula is C10H18O. The van der Waals surface area contributed by atoms with Crippen molar-refractivity contribution in [2.45, 2.75) is 38.7 Å². The first-order chi connectivity index (χ1) is 5.06. The quantitative estimate of drug-likeness (QED) is 0.477. The van der Waals surface area contributed by atoms with Crippen LogP contribution in [0.25, 0.3) is 0 Å². The van der Waals surface area contributed by atoms with Gasteiger partial charge in [0, 0.05) is 0 Å². The van der Waals surface area contributed by atoms with Crippen molar-refractivity contribution < 1.29 is 5.11 Å². The summed E-state index contributed by atoms with van der Waals surface area (Å²) in [5.41, 5.74) is -0.512. The van der Waals surface area contributed by atoms with Crippen LogP contribution < -0.4 is 0 Å². The lowest BCUT2D eigenvalue weighted by molar-refractivity contribution is 0.0691. The van der Waals surface area contributed by atoms with Gasteiger partial charge in [-0.05, 0) is 33.1 Å². The molecule has 0 heterocycles. The standard InChI is InChI=1S/C10H18O/c1-4-5-6-7-8-9-10(2,3)11/h4-6,11H,1,7-9H2,2-3H3. The van der Waals surface area contributed by atoms with Gasteiger partial charge in [0.15, 0.2) is 0 Å². The van der Waals surface area contributed by atoms with E-state index in [0.717, 1.165) is 19.3 Å². The zero-order valence-electron chi connectivity index (χ0n) is 7.51. The van der Waals surface area contributed by atoms with E-state index in [1.54, 1.807) is 6.08 Å². The summed E-state index contributed by atoms with van der Waals surface area (Å²) in [6, 6.07) is 0. The maximum atomic E-state index is 9.33. The Balaban J connectivity index is 3.28. The van der Waals surface area contributed by atoms with Gasteiger partial charge in [-0.15, -0.1) is 0 Å². The first-order valence-corrected chi connectivity index (χ1v) is 4.06. The maximum absolute atomic E-state index is 9.33. The molecular weight excluding hydrogens is 136 g/mol. The van der Waals surface area contributed by atoms with Crippen molar-refractivity contribution in [3.05, 3.63) is 24.8 Å². The highest BCUT2D eigenvalue weighted by molar-refractivity contribution is 4.96. The molecule has 0 saturated carbocycles. The minimum atomic E-state index is -0.512. The predicted octanol–water partition coefficient (Wildman–Crippen LogP) is 2.67. The van der Waals surface area contributed by atoms with Gasteiger partial charge in [0.2, 0.25) is 0 Å². The molecule has 0 aromatic heterocycles. The zero-order chi connectivity index (χ0) is 8.74. The van der Waals surface area contributed by atoms with Crippen molar-refractivity contribution in [2.75, 3.05) is 0 Å². The molecule has 1 N–H and O–H groups in total. The highest BCUT2D eigenvalue weighted by atomic mass is 16.3. The van der Waals surface area contributed by atoms with Gasteiger partial charge in [-0.25, -0.2) is 0 Å². The van der Waals surface area contributed by atoms with E-state index in [9.17, 15) is 5.11 Å². The average Bonchev–Trinajstić information content (AvgIpc) is 1.85. The molecule has 0 amide bonds. The summed E-state index contributed by atoms with van der Waals surface area (Å²) >= 11 is 0. The summed E-state index contributed by atoms with van der Waals surface area (Å²) in [6.45, 7) is 7.25. The van der Waals surface area contributed by atoms with Gasteiger partial charge in [0.25, 0.3) is 0 Å². The van der Waals surface area contributed by atoms with E-state index >= 15 is 0 Å². The molecule has 0 radical (unpaired) electrons. The van der Waals surface area contributed by atoms with Crippen LogP contribution in [0.5, 0.6) is 0 Å². The van der Waals surface area contributed by atoms with Crippen molar-refractivity contribution in [2.24, 2.45) is 0 Å². The second kappa shape index (κ2) is 5.14. The molecule has 0 aromatic carbocycles. The lowest BCUT2D eigenvalue weighted by Gasteiger charge is -2.15. The number of allylic oxidation sites excluding steroid dienone is 3. The second-order valence-corrected chi connectivity index (χ2v) is 3.37. The molecule has 0 spiro atoms. The van der Waals surface area contributed by atoms with Crippen molar-refractivity contribution >= 4 is 0 Å². The Hall–Kier alpha value is -0.560. The molecule has 0 fully saturated rings. The van der Waals surface area contributed by atoms with Gasteiger partial charge in [-0.1, -0.05) is 24.8 Å². The maximum Gasteiger partial charge on any atom is 0.0591 e. The monoisotopic (exact) mass is 154 g/mol. The first kappa shape index (κ1) is 10.4. The number of unbranched alkanes of at least 4 members (excludes halogenated alkanes) is 1. The Bertz CT molecular complexity index is 128. The molecule has 1 nitrogen and oxygen atoms in total. The Morgan fingerprint density at radius 2 is 2.09 bits per heavy atom. The predicted molar refractivity (Wildman–Crippen MR) is 49.5 cm³/mol. The molecule has 0 aromatic rings. The third kappa shape index (κ3) is 9.44. The van der Waals surface area contributed by atoms with Gasteiger partial charge in [0.05, 0.1) is 5.60 Å². The zero-order valence-corrected chi connectivity index (χ0v) is 7.51. The molecule has 0 atom stereocenters. The minimum absolute atomic E-state index is 0.512. The van der Waals surface area contributed by atoms with Crippen LogP contribution in [0.3, 0.4) is 0 Å². The normalized spacial score (nSPS) is 12.3. The van der Waals surface area contributed by atoms with E-state index in [2.05, 4.69) is 12.7 Å². The summed E-state index contributed by atoms with van der Waals surface area (Å²) < 4.78 is 0. The summed E-state index contributed by atoms with van der Waals surface area (Å²) in [7, 11) is 0. The lowest BCUT2D eigenvalue weighted by Crippen LogP contribution is -2.17. The van der Waals surface area contributed by atoms with E-state index in [0.29, 0.717) is 0 Å².